The summed E-state index contributed by atoms with van der Waals surface area (Å²) in [6.07, 6.45) is 2.16. The number of allylic oxidation sites excluding steroid dienone is 2. The van der Waals surface area contributed by atoms with Gasteiger partial charge in [0.05, 0.1) is 0 Å². The smallest absolute Gasteiger partial charge is 0.181 e. The zero-order valence-electron chi connectivity index (χ0n) is 4.20. The average molecular weight is 116 g/mol. The van der Waals surface area contributed by atoms with Crippen LogP contribution in [0.3, 0.4) is 0 Å². The second kappa shape index (κ2) is 2.79. The van der Waals surface area contributed by atoms with E-state index in [4.69, 9.17) is 21.7 Å². The second-order valence-corrected chi connectivity index (χ2v) is 1.18. The van der Waals surface area contributed by atoms with Gasteiger partial charge >= 0.3 is 0 Å². The lowest BCUT2D eigenvalue weighted by Gasteiger charge is -1.84. The maximum atomic E-state index is 8.23. The van der Waals surface area contributed by atoms with E-state index in [1.807, 2.05) is 0 Å². The van der Waals surface area contributed by atoms with Gasteiger partial charge in [0.2, 0.25) is 0 Å². The van der Waals surface area contributed by atoms with Crippen molar-refractivity contribution in [3.8, 4) is 0 Å². The van der Waals surface area contributed by atoms with Crippen molar-refractivity contribution in [3.05, 3.63) is 23.9 Å². The van der Waals surface area contributed by atoms with Gasteiger partial charge in [-0.15, -0.1) is 0 Å². The van der Waals surface area contributed by atoms with Crippen LogP contribution in [-0.4, -0.2) is 10.2 Å². The Kier molecular flexibility index (Phi) is 2.33. The van der Waals surface area contributed by atoms with Gasteiger partial charge < -0.3 is 21.7 Å². The van der Waals surface area contributed by atoms with Crippen LogP contribution in [0.15, 0.2) is 23.9 Å². The van der Waals surface area contributed by atoms with Gasteiger partial charge in [0.25, 0.3) is 0 Å². The van der Waals surface area contributed by atoms with Crippen molar-refractivity contribution in [2.75, 3.05) is 0 Å². The molecule has 0 aromatic carbocycles. The molecule has 0 aromatic rings. The summed E-state index contributed by atoms with van der Waals surface area (Å²) in [5, 5.41) is 16.5. The molecule has 0 spiro atoms. The van der Waals surface area contributed by atoms with E-state index in [1.165, 1.54) is 0 Å². The molecule has 0 saturated carbocycles. The van der Waals surface area contributed by atoms with Crippen LogP contribution in [0, 0.1) is 0 Å². The summed E-state index contributed by atoms with van der Waals surface area (Å²) in [6, 6.07) is 0. The quantitative estimate of drug-likeness (QED) is 0.279. The number of nitrogens with two attached hydrogens (primary N) is 2. The molecule has 0 aromatic heterocycles. The first-order valence-electron chi connectivity index (χ1n) is 1.94. The van der Waals surface area contributed by atoms with Gasteiger partial charge in [-0.25, -0.2) is 0 Å². The van der Waals surface area contributed by atoms with Gasteiger partial charge in [0.15, 0.2) is 11.8 Å². The number of aliphatic hydroxyl groups is 2. The minimum Gasteiger partial charge on any atom is -0.495 e. The lowest BCUT2D eigenvalue weighted by molar-refractivity contribution is 0.397. The number of rotatable bonds is 1. The monoisotopic (exact) mass is 116 g/mol. The molecular formula is C4H8N2O2. The summed E-state index contributed by atoms with van der Waals surface area (Å²) in [6.45, 7) is 0. The predicted molar refractivity (Wildman–Crippen MR) is 29.8 cm³/mol. The Hall–Kier alpha value is -1.32. The molecule has 0 rings (SSSR count). The zero-order valence-corrected chi connectivity index (χ0v) is 4.20. The van der Waals surface area contributed by atoms with Gasteiger partial charge in [-0.2, -0.15) is 0 Å². The van der Waals surface area contributed by atoms with E-state index in [-0.39, 0.29) is 11.8 Å². The van der Waals surface area contributed by atoms with Crippen molar-refractivity contribution in [3.63, 3.8) is 0 Å². The molecule has 0 radical (unpaired) electrons. The molecular weight excluding hydrogens is 108 g/mol. The minimum absolute atomic E-state index is 0.387. The highest BCUT2D eigenvalue weighted by molar-refractivity contribution is 5.05. The van der Waals surface area contributed by atoms with Crippen molar-refractivity contribution in [2.45, 2.75) is 0 Å². The van der Waals surface area contributed by atoms with E-state index in [0.717, 1.165) is 12.2 Å². The maximum Gasteiger partial charge on any atom is 0.181 e. The first kappa shape index (κ1) is 6.68. The first-order valence-corrected chi connectivity index (χ1v) is 1.94. The van der Waals surface area contributed by atoms with Crippen LogP contribution in [0.1, 0.15) is 0 Å². The van der Waals surface area contributed by atoms with Crippen LogP contribution in [0.5, 0.6) is 0 Å². The molecule has 4 nitrogen and oxygen atoms in total. The molecule has 0 aliphatic rings. The Balaban J connectivity index is 3.76. The van der Waals surface area contributed by atoms with E-state index in [9.17, 15) is 0 Å². The van der Waals surface area contributed by atoms with E-state index in [1.54, 1.807) is 0 Å². The standard InChI is InChI=1S/C4H8N2O2/c5-3(7)1-2-4(6)8/h1-2,7-8H,5-6H2. The van der Waals surface area contributed by atoms with E-state index in [2.05, 4.69) is 0 Å². The lowest BCUT2D eigenvalue weighted by Crippen LogP contribution is -1.96. The van der Waals surface area contributed by atoms with E-state index in [0.29, 0.717) is 0 Å². The molecule has 0 bridgehead atoms. The Morgan fingerprint density at radius 2 is 1.25 bits per heavy atom. The minimum atomic E-state index is -0.387. The second-order valence-electron chi connectivity index (χ2n) is 1.18. The van der Waals surface area contributed by atoms with Crippen LogP contribution in [0.4, 0.5) is 0 Å². The highest BCUT2D eigenvalue weighted by Gasteiger charge is 1.76. The highest BCUT2D eigenvalue weighted by atomic mass is 16.3. The molecule has 6 N–H and O–H groups in total. The topological polar surface area (TPSA) is 92.5 Å². The molecule has 0 aliphatic heterocycles. The van der Waals surface area contributed by atoms with Crippen LogP contribution in [0.25, 0.3) is 0 Å². The molecule has 0 heterocycles. The summed E-state index contributed by atoms with van der Waals surface area (Å²) < 4.78 is 0. The number of hydrogen-bond donors (Lipinski definition) is 4. The van der Waals surface area contributed by atoms with E-state index < -0.39 is 0 Å². The van der Waals surface area contributed by atoms with Crippen molar-refractivity contribution < 1.29 is 10.2 Å². The van der Waals surface area contributed by atoms with Crippen molar-refractivity contribution >= 4 is 0 Å². The van der Waals surface area contributed by atoms with Crippen LogP contribution in [-0.2, 0) is 0 Å². The molecule has 0 atom stereocenters. The summed E-state index contributed by atoms with van der Waals surface area (Å²) in [5.41, 5.74) is 9.49. The Morgan fingerprint density at radius 1 is 1.00 bits per heavy atom. The van der Waals surface area contributed by atoms with Gasteiger partial charge in [-0.05, 0) is 0 Å². The fourth-order valence-corrected chi connectivity index (χ4v) is 0.171. The summed E-state index contributed by atoms with van der Waals surface area (Å²) in [7, 11) is 0. The molecule has 8 heavy (non-hydrogen) atoms. The zero-order chi connectivity index (χ0) is 6.57. The predicted octanol–water partition coefficient (Wildman–Crippen LogP) is -0.297. The van der Waals surface area contributed by atoms with Gasteiger partial charge in [-0.3, -0.25) is 0 Å². The third kappa shape index (κ3) is 4.68. The molecule has 0 amide bonds. The third-order valence-corrected chi connectivity index (χ3v) is 0.425. The molecule has 0 aliphatic carbocycles. The van der Waals surface area contributed by atoms with Gasteiger partial charge in [0.1, 0.15) is 0 Å². The fraction of sp³-hybridized carbons (Fsp3) is 0. The summed E-state index contributed by atoms with van der Waals surface area (Å²) >= 11 is 0. The number of aliphatic hydroxyl groups excluding tert-OH is 2. The van der Waals surface area contributed by atoms with Crippen LogP contribution >= 0.6 is 0 Å². The molecule has 0 fully saturated rings. The lowest BCUT2D eigenvalue weighted by atomic mass is 10.5. The molecule has 0 saturated heterocycles. The van der Waals surface area contributed by atoms with Crippen LogP contribution < -0.4 is 11.5 Å². The first-order chi connectivity index (χ1) is 3.63. The maximum absolute atomic E-state index is 8.23. The summed E-state index contributed by atoms with van der Waals surface area (Å²) in [4.78, 5) is 0. The third-order valence-electron chi connectivity index (χ3n) is 0.425. The van der Waals surface area contributed by atoms with Crippen molar-refractivity contribution in [1.82, 2.24) is 0 Å². The highest BCUT2D eigenvalue weighted by Crippen LogP contribution is 1.79. The Labute approximate surface area is 46.7 Å². The molecule has 4 heteroatoms. The Morgan fingerprint density at radius 3 is 1.38 bits per heavy atom. The Bertz CT molecular complexity index is 104. The number of hydrogen-bond acceptors (Lipinski definition) is 4. The normalized spacial score (nSPS) is 14.0. The molecule has 0 unspecified atom stereocenters. The van der Waals surface area contributed by atoms with Crippen molar-refractivity contribution in [1.29, 1.82) is 0 Å². The van der Waals surface area contributed by atoms with Gasteiger partial charge in [0, 0.05) is 12.2 Å². The summed E-state index contributed by atoms with van der Waals surface area (Å²) in [5.74, 6) is -0.774. The van der Waals surface area contributed by atoms with Gasteiger partial charge in [-0.1, -0.05) is 0 Å². The fourth-order valence-electron chi connectivity index (χ4n) is 0.171. The SMILES string of the molecule is NC(O)=CC=C(N)O. The van der Waals surface area contributed by atoms with Crippen LogP contribution in [0.2, 0.25) is 0 Å². The van der Waals surface area contributed by atoms with Crippen molar-refractivity contribution in [2.24, 2.45) is 11.5 Å². The molecule has 46 valence electrons. The largest absolute Gasteiger partial charge is 0.495 e. The average Bonchev–Trinajstić information content (AvgIpc) is 1.61. The van der Waals surface area contributed by atoms with E-state index >= 15 is 0 Å².